The van der Waals surface area contributed by atoms with Crippen LogP contribution in [0.5, 0.6) is 0 Å². The van der Waals surface area contributed by atoms with Crippen LogP contribution in [0.1, 0.15) is 11.8 Å². The lowest BCUT2D eigenvalue weighted by Gasteiger charge is -2.08. The topological polar surface area (TPSA) is 37.8 Å². The predicted molar refractivity (Wildman–Crippen MR) is 81.8 cm³/mol. The summed E-state index contributed by atoms with van der Waals surface area (Å²) in [6.07, 6.45) is 0. The summed E-state index contributed by atoms with van der Waals surface area (Å²) in [7, 11) is 0. The van der Waals surface area contributed by atoms with Crippen LogP contribution in [0.25, 0.3) is 21.6 Å². The highest BCUT2D eigenvalue weighted by Crippen LogP contribution is 2.29. The molecule has 1 N–H and O–H groups in total. The first-order valence-corrected chi connectivity index (χ1v) is 7.17. The quantitative estimate of drug-likeness (QED) is 0.778. The summed E-state index contributed by atoms with van der Waals surface area (Å²) < 4.78 is 0. The van der Waals surface area contributed by atoms with Crippen LogP contribution >= 0.6 is 11.3 Å². The molecule has 1 aromatic carbocycles. The Hall–Kier alpha value is -1.94. The summed E-state index contributed by atoms with van der Waals surface area (Å²) in [6, 6.07) is 12.3. The number of para-hydroxylation sites is 1. The molecule has 2 aromatic heterocycles. The second kappa shape index (κ2) is 4.97. The van der Waals surface area contributed by atoms with Gasteiger partial charge < -0.3 is 5.32 Å². The number of nitrogens with zero attached hydrogens (tertiary/aromatic N) is 2. The zero-order valence-corrected chi connectivity index (χ0v) is 11.8. The molecule has 0 aliphatic rings. The molecule has 0 saturated carbocycles. The molecule has 96 valence electrons. The van der Waals surface area contributed by atoms with Crippen molar-refractivity contribution in [2.75, 3.05) is 11.9 Å². The second-order valence-electron chi connectivity index (χ2n) is 4.35. The Morgan fingerprint density at radius 2 is 1.95 bits per heavy atom. The number of thiophene rings is 1. The molecule has 3 rings (SSSR count). The molecule has 0 aliphatic heterocycles. The van der Waals surface area contributed by atoms with Crippen molar-refractivity contribution in [2.45, 2.75) is 13.8 Å². The number of aryl methyl sites for hydroxylation is 1. The predicted octanol–water partition coefficient (Wildman–Crippen LogP) is 4.10. The molecule has 3 aromatic rings. The first-order valence-electron chi connectivity index (χ1n) is 6.35. The van der Waals surface area contributed by atoms with Gasteiger partial charge in [-0.1, -0.05) is 12.1 Å². The highest BCUT2D eigenvalue weighted by Gasteiger charge is 2.09. The van der Waals surface area contributed by atoms with Crippen LogP contribution < -0.4 is 5.32 Å². The van der Waals surface area contributed by atoms with Gasteiger partial charge in [0, 0.05) is 16.8 Å². The summed E-state index contributed by atoms with van der Waals surface area (Å²) >= 11 is 1.72. The van der Waals surface area contributed by atoms with Gasteiger partial charge in [0.25, 0.3) is 0 Å². The van der Waals surface area contributed by atoms with Crippen molar-refractivity contribution >= 4 is 28.1 Å². The monoisotopic (exact) mass is 269 g/mol. The van der Waals surface area contributed by atoms with E-state index >= 15 is 0 Å². The average Bonchev–Trinajstić information content (AvgIpc) is 2.86. The van der Waals surface area contributed by atoms with Crippen molar-refractivity contribution in [3.8, 4) is 10.7 Å². The third kappa shape index (κ3) is 2.31. The van der Waals surface area contributed by atoms with Gasteiger partial charge >= 0.3 is 0 Å². The van der Waals surface area contributed by atoms with Crippen LogP contribution in [0.2, 0.25) is 0 Å². The van der Waals surface area contributed by atoms with Gasteiger partial charge in [-0.05, 0) is 38.1 Å². The Morgan fingerprint density at radius 1 is 1.11 bits per heavy atom. The summed E-state index contributed by atoms with van der Waals surface area (Å²) in [4.78, 5) is 11.7. The molecule has 0 aliphatic carbocycles. The van der Waals surface area contributed by atoms with Crippen molar-refractivity contribution in [3.05, 3.63) is 41.3 Å². The maximum atomic E-state index is 4.66. The van der Waals surface area contributed by atoms with E-state index in [0.717, 1.165) is 34.0 Å². The van der Waals surface area contributed by atoms with Crippen LogP contribution in [-0.2, 0) is 0 Å². The van der Waals surface area contributed by atoms with E-state index in [2.05, 4.69) is 47.3 Å². The Labute approximate surface area is 116 Å². The number of aromatic nitrogens is 2. The standard InChI is InChI=1S/C15H15N3S/c1-3-16-14-11-6-4-5-7-12(11)17-15(18-14)13-9-8-10(2)19-13/h4-9H,3H2,1-2H3,(H,16,17,18). The van der Waals surface area contributed by atoms with Crippen molar-refractivity contribution in [2.24, 2.45) is 0 Å². The van der Waals surface area contributed by atoms with E-state index in [9.17, 15) is 0 Å². The van der Waals surface area contributed by atoms with E-state index in [1.54, 1.807) is 11.3 Å². The van der Waals surface area contributed by atoms with Crippen LogP contribution in [-0.4, -0.2) is 16.5 Å². The SMILES string of the molecule is CCNc1nc(-c2ccc(C)s2)nc2ccccc12. The molecular weight excluding hydrogens is 254 g/mol. The number of anilines is 1. The van der Waals surface area contributed by atoms with Crippen LogP contribution in [0.3, 0.4) is 0 Å². The molecule has 0 unspecified atom stereocenters. The molecule has 0 bridgehead atoms. The molecule has 19 heavy (non-hydrogen) atoms. The van der Waals surface area contributed by atoms with Gasteiger partial charge in [-0.2, -0.15) is 0 Å². The fraction of sp³-hybridized carbons (Fsp3) is 0.200. The van der Waals surface area contributed by atoms with E-state index in [0.29, 0.717) is 0 Å². The summed E-state index contributed by atoms with van der Waals surface area (Å²) in [5.41, 5.74) is 0.981. The van der Waals surface area contributed by atoms with Gasteiger partial charge in [0.15, 0.2) is 5.82 Å². The first-order chi connectivity index (χ1) is 9.28. The smallest absolute Gasteiger partial charge is 0.172 e. The number of benzene rings is 1. The second-order valence-corrected chi connectivity index (χ2v) is 5.64. The molecule has 0 saturated heterocycles. The number of fused-ring (bicyclic) bond motifs is 1. The van der Waals surface area contributed by atoms with Crippen molar-refractivity contribution < 1.29 is 0 Å². The molecule has 0 amide bonds. The van der Waals surface area contributed by atoms with E-state index in [1.165, 1.54) is 4.88 Å². The minimum Gasteiger partial charge on any atom is -0.370 e. The minimum atomic E-state index is 0.799. The summed E-state index contributed by atoms with van der Waals surface area (Å²) in [5, 5.41) is 4.39. The van der Waals surface area contributed by atoms with Crippen molar-refractivity contribution in [3.63, 3.8) is 0 Å². The fourth-order valence-electron chi connectivity index (χ4n) is 2.04. The molecular formula is C15H15N3S. The van der Waals surface area contributed by atoms with Crippen LogP contribution in [0.4, 0.5) is 5.82 Å². The zero-order valence-electron chi connectivity index (χ0n) is 11.0. The van der Waals surface area contributed by atoms with Crippen LogP contribution in [0, 0.1) is 6.92 Å². The zero-order chi connectivity index (χ0) is 13.2. The lowest BCUT2D eigenvalue weighted by Crippen LogP contribution is -2.02. The minimum absolute atomic E-state index is 0.799. The Kier molecular flexibility index (Phi) is 3.17. The summed E-state index contributed by atoms with van der Waals surface area (Å²) in [6.45, 7) is 5.02. The number of hydrogen-bond donors (Lipinski definition) is 1. The summed E-state index contributed by atoms with van der Waals surface area (Å²) in [5.74, 6) is 1.71. The molecule has 0 atom stereocenters. The largest absolute Gasteiger partial charge is 0.370 e. The third-order valence-electron chi connectivity index (χ3n) is 2.91. The number of rotatable bonds is 3. The van der Waals surface area contributed by atoms with E-state index in [4.69, 9.17) is 0 Å². The molecule has 0 fully saturated rings. The van der Waals surface area contributed by atoms with E-state index in [-0.39, 0.29) is 0 Å². The average molecular weight is 269 g/mol. The fourth-order valence-corrected chi connectivity index (χ4v) is 2.85. The Balaban J connectivity index is 2.21. The molecule has 0 spiro atoms. The van der Waals surface area contributed by atoms with Crippen molar-refractivity contribution in [1.29, 1.82) is 0 Å². The van der Waals surface area contributed by atoms with Gasteiger partial charge in [-0.25, -0.2) is 9.97 Å². The van der Waals surface area contributed by atoms with E-state index in [1.807, 2.05) is 18.2 Å². The highest BCUT2D eigenvalue weighted by molar-refractivity contribution is 7.15. The van der Waals surface area contributed by atoms with E-state index < -0.39 is 0 Å². The molecule has 0 radical (unpaired) electrons. The first kappa shape index (κ1) is 12.1. The molecule has 2 heterocycles. The van der Waals surface area contributed by atoms with Crippen LogP contribution in [0.15, 0.2) is 36.4 Å². The van der Waals surface area contributed by atoms with Gasteiger partial charge in [0.1, 0.15) is 5.82 Å². The lowest BCUT2D eigenvalue weighted by atomic mass is 10.2. The number of hydrogen-bond acceptors (Lipinski definition) is 4. The lowest BCUT2D eigenvalue weighted by molar-refractivity contribution is 1.15. The Morgan fingerprint density at radius 3 is 2.68 bits per heavy atom. The Bertz CT molecular complexity index is 718. The van der Waals surface area contributed by atoms with Gasteiger partial charge in [0.05, 0.1) is 10.4 Å². The highest BCUT2D eigenvalue weighted by atomic mass is 32.1. The third-order valence-corrected chi connectivity index (χ3v) is 3.90. The maximum absolute atomic E-state index is 4.66. The normalized spacial score (nSPS) is 10.8. The number of nitrogens with one attached hydrogen (secondary N) is 1. The van der Waals surface area contributed by atoms with Gasteiger partial charge in [0.2, 0.25) is 0 Å². The molecule has 3 nitrogen and oxygen atoms in total. The van der Waals surface area contributed by atoms with Gasteiger partial charge in [-0.15, -0.1) is 11.3 Å². The van der Waals surface area contributed by atoms with Crippen molar-refractivity contribution in [1.82, 2.24) is 9.97 Å². The maximum Gasteiger partial charge on any atom is 0.172 e. The van der Waals surface area contributed by atoms with Gasteiger partial charge in [-0.3, -0.25) is 0 Å². The molecule has 4 heteroatoms.